The Hall–Kier alpha value is -0.650. The molecule has 11 heavy (non-hydrogen) atoms. The highest BCUT2D eigenvalue weighted by atomic mass is 16.5. The maximum atomic E-state index is 8.43. The van der Waals surface area contributed by atoms with Crippen molar-refractivity contribution in [2.24, 2.45) is 0 Å². The minimum absolute atomic E-state index is 0.375. The smallest absolute Gasteiger partial charge is 0.202 e. The molecule has 0 aromatic heterocycles. The third kappa shape index (κ3) is 26.7. The van der Waals surface area contributed by atoms with E-state index in [-0.39, 0.29) is 0 Å². The van der Waals surface area contributed by atoms with Crippen molar-refractivity contribution in [3.05, 3.63) is 0 Å². The van der Waals surface area contributed by atoms with Crippen LogP contribution in [0, 0.1) is 0 Å². The highest BCUT2D eigenvalue weighted by Crippen LogP contribution is 1.90. The third-order valence-corrected chi connectivity index (χ3v) is 0.711. The van der Waals surface area contributed by atoms with E-state index in [1.54, 1.807) is 0 Å². The third-order valence-electron chi connectivity index (χ3n) is 0.711. The number of carbonyl (C=O) groups excluding carboxylic acids is 1. The van der Waals surface area contributed by atoms with Gasteiger partial charge in [0.05, 0.1) is 21.1 Å². The molecule has 5 heteroatoms. The number of likely N-dealkylation sites (N-methyl/N-ethyl adjacent to an activating group) is 1. The minimum atomic E-state index is -1.19. The van der Waals surface area contributed by atoms with Crippen molar-refractivity contribution in [3.8, 4) is 0 Å². The summed E-state index contributed by atoms with van der Waals surface area (Å²) in [5.41, 5.74) is 0. The van der Waals surface area contributed by atoms with E-state index in [2.05, 4.69) is 0 Å². The first-order chi connectivity index (χ1) is 4.83. The summed E-state index contributed by atoms with van der Waals surface area (Å²) in [5, 5.41) is 25.1. The van der Waals surface area contributed by atoms with Gasteiger partial charge in [-0.15, -0.1) is 0 Å². The first kappa shape index (κ1) is 13.0. The topological polar surface area (TPSA) is 80.6 Å². The fourth-order valence-corrected chi connectivity index (χ4v) is 0.490. The van der Waals surface area contributed by atoms with Gasteiger partial charge in [-0.1, -0.05) is 0 Å². The number of nitrogens with zero attached hydrogens (tertiary/aromatic N) is 1. The summed E-state index contributed by atoms with van der Waals surface area (Å²) >= 11 is 0. The van der Waals surface area contributed by atoms with Crippen LogP contribution in [-0.4, -0.2) is 55.1 Å². The van der Waals surface area contributed by atoms with Gasteiger partial charge in [0.15, 0.2) is 0 Å². The lowest BCUT2D eigenvalue weighted by molar-refractivity contribution is -0.876. The molecule has 0 bridgehead atoms. The van der Waals surface area contributed by atoms with Crippen LogP contribution in [0.4, 0.5) is 0 Å². The van der Waals surface area contributed by atoms with Crippen LogP contribution in [0.2, 0.25) is 0 Å². The second-order valence-electron chi connectivity index (χ2n) is 3.05. The van der Waals surface area contributed by atoms with Gasteiger partial charge in [-0.05, 0) is 0 Å². The second kappa shape index (κ2) is 6.09. The molecular formula is C6H15NO4. The van der Waals surface area contributed by atoms with Crippen LogP contribution in [0.25, 0.3) is 0 Å². The van der Waals surface area contributed by atoms with Gasteiger partial charge in [0.1, 0.15) is 6.54 Å². The van der Waals surface area contributed by atoms with Crippen molar-refractivity contribution >= 4 is 6.47 Å². The highest BCUT2D eigenvalue weighted by Gasteiger charge is 2.10. The van der Waals surface area contributed by atoms with Crippen LogP contribution < -0.4 is 5.11 Å². The Bertz CT molecular complexity index is 97.2. The molecule has 0 fully saturated rings. The molecule has 2 N–H and O–H groups in total. The molecule has 68 valence electrons. The molecule has 0 radical (unpaired) electrons. The van der Waals surface area contributed by atoms with E-state index < -0.39 is 12.8 Å². The zero-order chi connectivity index (χ0) is 9.49. The van der Waals surface area contributed by atoms with E-state index >= 15 is 0 Å². The molecule has 0 unspecified atom stereocenters. The molecule has 0 aromatic rings. The van der Waals surface area contributed by atoms with Crippen LogP contribution in [0.1, 0.15) is 0 Å². The van der Waals surface area contributed by atoms with Crippen LogP contribution in [-0.2, 0) is 4.79 Å². The zero-order valence-corrected chi connectivity index (χ0v) is 7.02. The van der Waals surface area contributed by atoms with Crippen molar-refractivity contribution in [1.29, 1.82) is 0 Å². The molecule has 0 spiro atoms. The van der Waals surface area contributed by atoms with Crippen LogP contribution in [0.5, 0.6) is 0 Å². The summed E-state index contributed by atoms with van der Waals surface area (Å²) in [5.74, 6) is 0. The first-order valence-corrected chi connectivity index (χ1v) is 3.05. The Labute approximate surface area is 66.1 Å². The lowest BCUT2D eigenvalue weighted by atomic mass is 10.5. The Morgan fingerprint density at radius 2 is 1.73 bits per heavy atom. The van der Waals surface area contributed by atoms with Crippen LogP contribution in [0.15, 0.2) is 0 Å². The largest absolute Gasteiger partial charge is 0.554 e. The highest BCUT2D eigenvalue weighted by molar-refractivity contribution is 5.29. The number of carbonyl (C=O) groups is 1. The molecule has 0 aliphatic heterocycles. The molecule has 0 saturated carbocycles. The van der Waals surface area contributed by atoms with Crippen LogP contribution in [0.3, 0.4) is 0 Å². The Kier molecular flexibility index (Phi) is 7.18. The van der Waals surface area contributed by atoms with Crippen molar-refractivity contribution in [2.75, 3.05) is 27.7 Å². The van der Waals surface area contributed by atoms with E-state index in [1.807, 2.05) is 21.1 Å². The molecule has 5 nitrogen and oxygen atoms in total. The van der Waals surface area contributed by atoms with Gasteiger partial charge >= 0.3 is 0 Å². The van der Waals surface area contributed by atoms with Gasteiger partial charge in [-0.25, -0.2) is 0 Å². The molecular weight excluding hydrogens is 150 g/mol. The van der Waals surface area contributed by atoms with Crippen molar-refractivity contribution in [2.45, 2.75) is 6.29 Å². The molecule has 0 aliphatic carbocycles. The molecule has 0 amide bonds. The number of aliphatic hydroxyl groups excluding tert-OH is 1. The van der Waals surface area contributed by atoms with E-state index in [0.29, 0.717) is 11.0 Å². The normalized spacial score (nSPS) is 10.4. The first-order valence-electron chi connectivity index (χ1n) is 3.05. The molecule has 0 rings (SSSR count). The number of quaternary nitrogens is 1. The molecule has 0 aliphatic rings. The molecule has 0 heterocycles. The van der Waals surface area contributed by atoms with E-state index in [4.69, 9.17) is 20.1 Å². The van der Waals surface area contributed by atoms with E-state index in [9.17, 15) is 0 Å². The maximum absolute atomic E-state index is 8.43. The Morgan fingerprint density at radius 1 is 1.45 bits per heavy atom. The summed E-state index contributed by atoms with van der Waals surface area (Å²) < 4.78 is 0.581. The monoisotopic (exact) mass is 165 g/mol. The van der Waals surface area contributed by atoms with Gasteiger partial charge in [0, 0.05) is 6.47 Å². The summed E-state index contributed by atoms with van der Waals surface area (Å²) in [7, 11) is 5.71. The van der Waals surface area contributed by atoms with Gasteiger partial charge in [-0.3, -0.25) is 0 Å². The number of carboxylic acid groups (broad SMARTS) is 1. The van der Waals surface area contributed by atoms with Crippen molar-refractivity contribution < 1.29 is 24.6 Å². The number of hydrogen-bond donors (Lipinski definition) is 2. The molecule has 0 saturated heterocycles. The second-order valence-corrected chi connectivity index (χ2v) is 3.05. The summed E-state index contributed by atoms with van der Waals surface area (Å²) in [4.78, 5) is 8.25. The predicted octanol–water partition coefficient (Wildman–Crippen LogP) is -2.63. The number of aliphatic hydroxyl groups is 2. The average Bonchev–Trinajstić information content (AvgIpc) is 1.57. The lowest BCUT2D eigenvalue weighted by Gasteiger charge is -2.24. The van der Waals surface area contributed by atoms with E-state index in [0.717, 1.165) is 0 Å². The standard InChI is InChI=1S/C5H14NO2.CH2O2/c1-6(2,3)4-5(7)8;2-1-3/h5,7-8H,4H2,1-3H3;1H,(H,2,3)/q+1;/p-1. The lowest BCUT2D eigenvalue weighted by Crippen LogP contribution is -2.41. The summed E-state index contributed by atoms with van der Waals surface area (Å²) in [6, 6.07) is 0. The molecule has 0 aromatic carbocycles. The van der Waals surface area contributed by atoms with Gasteiger partial charge in [0.2, 0.25) is 6.29 Å². The number of hydrogen-bond acceptors (Lipinski definition) is 4. The SMILES string of the molecule is C[N+](C)(C)CC(O)O.O=C[O-]. The fourth-order valence-electron chi connectivity index (χ4n) is 0.490. The number of rotatable bonds is 2. The van der Waals surface area contributed by atoms with E-state index in [1.165, 1.54) is 0 Å². The molecule has 0 atom stereocenters. The van der Waals surface area contributed by atoms with Gasteiger partial charge < -0.3 is 24.6 Å². The zero-order valence-electron chi connectivity index (χ0n) is 7.02. The predicted molar refractivity (Wildman–Crippen MR) is 37.2 cm³/mol. The average molecular weight is 165 g/mol. The minimum Gasteiger partial charge on any atom is -0.554 e. The summed E-state index contributed by atoms with van der Waals surface area (Å²) in [6.07, 6.45) is -1.19. The summed E-state index contributed by atoms with van der Waals surface area (Å²) in [6.45, 7) is -0.125. The van der Waals surface area contributed by atoms with Crippen molar-refractivity contribution in [3.63, 3.8) is 0 Å². The Morgan fingerprint density at radius 3 is 1.73 bits per heavy atom. The Balaban J connectivity index is 0. The van der Waals surface area contributed by atoms with Crippen LogP contribution >= 0.6 is 0 Å². The van der Waals surface area contributed by atoms with Crippen molar-refractivity contribution in [1.82, 2.24) is 0 Å². The maximum Gasteiger partial charge on any atom is 0.202 e. The quantitative estimate of drug-likeness (QED) is 0.266. The van der Waals surface area contributed by atoms with Gasteiger partial charge in [0.25, 0.3) is 0 Å². The fraction of sp³-hybridized carbons (Fsp3) is 0.833. The van der Waals surface area contributed by atoms with Gasteiger partial charge in [-0.2, -0.15) is 0 Å².